The minimum atomic E-state index is -4.33. The maximum absolute atomic E-state index is 13.4. The first kappa shape index (κ1) is 15.3. The summed E-state index contributed by atoms with van der Waals surface area (Å²) < 4.78 is 52.2. The number of hydrogen-bond donors (Lipinski definition) is 3. The van der Waals surface area contributed by atoms with Gasteiger partial charge >= 0.3 is 0 Å². The molecule has 0 spiro atoms. The van der Waals surface area contributed by atoms with Gasteiger partial charge in [0.25, 0.3) is 0 Å². The highest BCUT2D eigenvalue weighted by atomic mass is 32.2. The van der Waals surface area contributed by atoms with Crippen LogP contribution in [0.25, 0.3) is 0 Å². The predicted molar refractivity (Wildman–Crippen MR) is 64.4 cm³/mol. The fourth-order valence-electron chi connectivity index (χ4n) is 1.45. The number of rotatable bonds is 5. The molecule has 0 aromatic heterocycles. The third kappa shape index (κ3) is 3.86. The molecule has 1 unspecified atom stereocenters. The lowest BCUT2D eigenvalue weighted by molar-refractivity contribution is -0.118. The summed E-state index contributed by atoms with van der Waals surface area (Å²) in [5.41, 5.74) is 9.93. The van der Waals surface area contributed by atoms with Gasteiger partial charge in [0.15, 0.2) is 11.6 Å². The van der Waals surface area contributed by atoms with Crippen LogP contribution in [0.1, 0.15) is 13.3 Å². The quantitative estimate of drug-likeness (QED) is 0.667. The number of carbonyl (C=O) groups is 1. The Labute approximate surface area is 108 Å². The predicted octanol–water partition coefficient (Wildman–Crippen LogP) is 0.0892. The zero-order valence-corrected chi connectivity index (χ0v) is 10.8. The topological polar surface area (TPSA) is 115 Å². The Morgan fingerprint density at radius 2 is 2.00 bits per heavy atom. The Kier molecular flexibility index (Phi) is 4.43. The Morgan fingerprint density at radius 1 is 1.42 bits per heavy atom. The second kappa shape index (κ2) is 5.49. The summed E-state index contributed by atoms with van der Waals surface area (Å²) in [7, 11) is -4.33. The molecule has 1 aromatic rings. The van der Waals surface area contributed by atoms with E-state index in [4.69, 9.17) is 11.5 Å². The summed E-state index contributed by atoms with van der Waals surface area (Å²) >= 11 is 0. The zero-order chi connectivity index (χ0) is 14.8. The average molecular weight is 293 g/mol. The van der Waals surface area contributed by atoms with Crippen LogP contribution in [-0.4, -0.2) is 20.4 Å². The van der Waals surface area contributed by atoms with Crippen LogP contribution in [0, 0.1) is 11.6 Å². The van der Waals surface area contributed by atoms with Gasteiger partial charge in [0.1, 0.15) is 4.90 Å². The Bertz CT molecular complexity index is 604. The smallest absolute Gasteiger partial charge is 0.243 e. The van der Waals surface area contributed by atoms with Crippen LogP contribution < -0.4 is 16.2 Å². The van der Waals surface area contributed by atoms with Crippen molar-refractivity contribution in [2.45, 2.75) is 24.3 Å². The number of anilines is 1. The third-order valence-electron chi connectivity index (χ3n) is 2.17. The number of carbonyl (C=O) groups excluding carboxylic acids is 1. The molecule has 9 heteroatoms. The second-order valence-electron chi connectivity index (χ2n) is 4.01. The van der Waals surface area contributed by atoms with E-state index >= 15 is 0 Å². The van der Waals surface area contributed by atoms with Crippen molar-refractivity contribution in [1.29, 1.82) is 0 Å². The standard InChI is InChI=1S/C10H13F2N3O3S/c1-5(2-9(14)16)15-19(17,18)8-4-6(13)3-7(11)10(8)12/h3-5,15H,2,13H2,1H3,(H2,14,16). The maximum Gasteiger partial charge on any atom is 0.243 e. The van der Waals surface area contributed by atoms with Crippen molar-refractivity contribution in [2.24, 2.45) is 5.73 Å². The number of halogens is 2. The molecule has 19 heavy (non-hydrogen) atoms. The fraction of sp³-hybridized carbons (Fsp3) is 0.300. The molecular weight excluding hydrogens is 280 g/mol. The van der Waals surface area contributed by atoms with Crippen molar-refractivity contribution in [3.63, 3.8) is 0 Å². The minimum Gasteiger partial charge on any atom is -0.399 e. The molecule has 5 N–H and O–H groups in total. The van der Waals surface area contributed by atoms with Crippen molar-refractivity contribution in [3.05, 3.63) is 23.8 Å². The first-order valence-corrected chi connectivity index (χ1v) is 6.67. The summed E-state index contributed by atoms with van der Waals surface area (Å²) in [4.78, 5) is 9.73. The lowest BCUT2D eigenvalue weighted by Crippen LogP contribution is -2.36. The van der Waals surface area contributed by atoms with Crippen LogP contribution >= 0.6 is 0 Å². The minimum absolute atomic E-state index is 0.234. The van der Waals surface area contributed by atoms with Crippen molar-refractivity contribution in [1.82, 2.24) is 4.72 Å². The Morgan fingerprint density at radius 3 is 2.53 bits per heavy atom. The highest BCUT2D eigenvalue weighted by Crippen LogP contribution is 2.21. The summed E-state index contributed by atoms with van der Waals surface area (Å²) in [6, 6.07) is 0.602. The van der Waals surface area contributed by atoms with E-state index in [-0.39, 0.29) is 12.1 Å². The molecule has 6 nitrogen and oxygen atoms in total. The van der Waals surface area contributed by atoms with Crippen molar-refractivity contribution in [2.75, 3.05) is 5.73 Å². The number of amides is 1. The number of benzene rings is 1. The highest BCUT2D eigenvalue weighted by Gasteiger charge is 2.24. The summed E-state index contributed by atoms with van der Waals surface area (Å²) in [6.45, 7) is 1.36. The molecule has 1 aromatic carbocycles. The van der Waals surface area contributed by atoms with Crippen LogP contribution in [0.4, 0.5) is 14.5 Å². The fourth-order valence-corrected chi connectivity index (χ4v) is 2.82. The van der Waals surface area contributed by atoms with Crippen molar-refractivity contribution >= 4 is 21.6 Å². The van der Waals surface area contributed by atoms with E-state index in [0.29, 0.717) is 6.07 Å². The van der Waals surface area contributed by atoms with Crippen LogP contribution in [0.15, 0.2) is 17.0 Å². The average Bonchev–Trinajstić information content (AvgIpc) is 2.20. The monoisotopic (exact) mass is 293 g/mol. The van der Waals surface area contributed by atoms with E-state index in [1.165, 1.54) is 6.92 Å². The SMILES string of the molecule is CC(CC(N)=O)NS(=O)(=O)c1cc(N)cc(F)c1F. The summed E-state index contributed by atoms with van der Waals surface area (Å²) in [6.07, 6.45) is -0.272. The number of nitrogen functional groups attached to an aromatic ring is 1. The normalized spacial score (nSPS) is 13.2. The number of nitrogens with two attached hydrogens (primary N) is 2. The largest absolute Gasteiger partial charge is 0.399 e. The number of sulfonamides is 1. The molecule has 0 heterocycles. The maximum atomic E-state index is 13.4. The number of nitrogens with one attached hydrogen (secondary N) is 1. The lowest BCUT2D eigenvalue weighted by Gasteiger charge is -2.13. The molecule has 0 saturated carbocycles. The van der Waals surface area contributed by atoms with E-state index in [0.717, 1.165) is 6.07 Å². The number of primary amides is 1. The van der Waals surface area contributed by atoms with Crippen molar-refractivity contribution in [3.8, 4) is 0 Å². The van der Waals surface area contributed by atoms with Gasteiger partial charge in [-0.3, -0.25) is 4.79 Å². The van der Waals surface area contributed by atoms with Crippen molar-refractivity contribution < 1.29 is 22.0 Å². The van der Waals surface area contributed by atoms with E-state index in [1.807, 2.05) is 4.72 Å². The molecule has 0 saturated heterocycles. The van der Waals surface area contributed by atoms with Gasteiger partial charge in [-0.25, -0.2) is 21.9 Å². The van der Waals surface area contributed by atoms with E-state index < -0.39 is 38.5 Å². The molecule has 1 atom stereocenters. The molecule has 0 bridgehead atoms. The molecule has 0 aliphatic heterocycles. The van der Waals surface area contributed by atoms with Crippen LogP contribution in [0.3, 0.4) is 0 Å². The molecule has 0 aliphatic carbocycles. The van der Waals surface area contributed by atoms with Gasteiger partial charge in [-0.15, -0.1) is 0 Å². The first-order chi connectivity index (χ1) is 8.63. The van der Waals surface area contributed by atoms with E-state index in [9.17, 15) is 22.0 Å². The molecule has 106 valence electrons. The van der Waals surface area contributed by atoms with Gasteiger partial charge in [0.2, 0.25) is 15.9 Å². The second-order valence-corrected chi connectivity index (χ2v) is 5.69. The molecule has 0 aliphatic rings. The molecular formula is C10H13F2N3O3S. The van der Waals surface area contributed by atoms with Crippen LogP contribution in [-0.2, 0) is 14.8 Å². The third-order valence-corrected chi connectivity index (χ3v) is 3.76. The molecule has 1 rings (SSSR count). The molecule has 0 radical (unpaired) electrons. The zero-order valence-electron chi connectivity index (χ0n) is 9.98. The molecule has 1 amide bonds. The van der Waals surface area contributed by atoms with Gasteiger partial charge in [0.05, 0.1) is 0 Å². The van der Waals surface area contributed by atoms with Gasteiger partial charge in [0, 0.05) is 18.2 Å². The Balaban J connectivity index is 3.11. The van der Waals surface area contributed by atoms with Gasteiger partial charge in [-0.1, -0.05) is 0 Å². The van der Waals surface area contributed by atoms with Crippen LogP contribution in [0.2, 0.25) is 0 Å². The Hall–Kier alpha value is -1.74. The van der Waals surface area contributed by atoms with E-state index in [2.05, 4.69) is 0 Å². The first-order valence-electron chi connectivity index (χ1n) is 5.18. The summed E-state index contributed by atoms with van der Waals surface area (Å²) in [5.74, 6) is -3.63. The molecule has 0 fully saturated rings. The summed E-state index contributed by atoms with van der Waals surface area (Å²) in [5, 5.41) is 0. The van der Waals surface area contributed by atoms with E-state index in [1.54, 1.807) is 0 Å². The van der Waals surface area contributed by atoms with Gasteiger partial charge < -0.3 is 11.5 Å². The van der Waals surface area contributed by atoms with Gasteiger partial charge in [-0.2, -0.15) is 0 Å². The van der Waals surface area contributed by atoms with Gasteiger partial charge in [-0.05, 0) is 19.1 Å². The highest BCUT2D eigenvalue weighted by molar-refractivity contribution is 7.89. The van der Waals surface area contributed by atoms with Crippen LogP contribution in [0.5, 0.6) is 0 Å². The number of hydrogen-bond acceptors (Lipinski definition) is 4. The lowest BCUT2D eigenvalue weighted by atomic mass is 10.2.